The van der Waals surface area contributed by atoms with E-state index in [0.29, 0.717) is 67.5 Å². The summed E-state index contributed by atoms with van der Waals surface area (Å²) in [5.41, 5.74) is 1.64. The molecule has 1 aromatic heterocycles. The Balaban J connectivity index is 1.67. The molecular formula is C24H30N4O4. The predicted octanol–water partition coefficient (Wildman–Crippen LogP) is 2.83. The van der Waals surface area contributed by atoms with Crippen LogP contribution in [0.15, 0.2) is 29.1 Å². The van der Waals surface area contributed by atoms with Crippen molar-refractivity contribution in [2.24, 2.45) is 0 Å². The molecule has 1 N–H and O–H groups in total. The number of amides is 2. The van der Waals surface area contributed by atoms with Gasteiger partial charge in [0, 0.05) is 25.1 Å². The van der Waals surface area contributed by atoms with E-state index in [-0.39, 0.29) is 23.4 Å². The molecule has 0 spiro atoms. The van der Waals surface area contributed by atoms with Gasteiger partial charge in [-0.15, -0.1) is 0 Å². The number of hydrogen-bond donors (Lipinski definition) is 1. The number of benzene rings is 1. The minimum absolute atomic E-state index is 0.0567. The minimum atomic E-state index is -0.318. The van der Waals surface area contributed by atoms with Crippen molar-refractivity contribution in [3.05, 3.63) is 57.3 Å². The van der Waals surface area contributed by atoms with Crippen molar-refractivity contribution in [3.63, 3.8) is 0 Å². The third kappa shape index (κ3) is 4.26. The van der Waals surface area contributed by atoms with Crippen LogP contribution in [0, 0.1) is 0 Å². The zero-order valence-corrected chi connectivity index (χ0v) is 18.7. The van der Waals surface area contributed by atoms with E-state index in [4.69, 9.17) is 9.72 Å². The van der Waals surface area contributed by atoms with Gasteiger partial charge in [-0.05, 0) is 44.7 Å². The van der Waals surface area contributed by atoms with E-state index < -0.39 is 0 Å². The molecular weight excluding hydrogens is 408 g/mol. The summed E-state index contributed by atoms with van der Waals surface area (Å²) < 4.78 is 5.67. The molecule has 0 saturated carbocycles. The Hall–Kier alpha value is -3.16. The molecule has 8 nitrogen and oxygen atoms in total. The highest BCUT2D eigenvalue weighted by Crippen LogP contribution is 2.32. The first-order valence-corrected chi connectivity index (χ1v) is 11.5. The Morgan fingerprint density at radius 2 is 2.00 bits per heavy atom. The summed E-state index contributed by atoms with van der Waals surface area (Å²) in [4.78, 5) is 49.8. The van der Waals surface area contributed by atoms with Crippen LogP contribution in [0.1, 0.15) is 73.0 Å². The van der Waals surface area contributed by atoms with Crippen molar-refractivity contribution in [2.75, 3.05) is 19.7 Å². The van der Waals surface area contributed by atoms with Gasteiger partial charge >= 0.3 is 0 Å². The fourth-order valence-electron chi connectivity index (χ4n) is 4.59. The van der Waals surface area contributed by atoms with Gasteiger partial charge in [0.25, 0.3) is 11.5 Å². The van der Waals surface area contributed by atoms with Crippen LogP contribution in [0.4, 0.5) is 0 Å². The molecule has 1 fully saturated rings. The topological polar surface area (TPSA) is 95.6 Å². The van der Waals surface area contributed by atoms with E-state index in [2.05, 4.69) is 4.98 Å². The van der Waals surface area contributed by atoms with Crippen LogP contribution in [0.2, 0.25) is 0 Å². The number of nitrogens with zero attached hydrogens (tertiary/aromatic N) is 3. The number of likely N-dealkylation sites (tertiary alicyclic amines) is 1. The number of carbonyl (C=O) groups is 2. The van der Waals surface area contributed by atoms with Gasteiger partial charge in [-0.25, -0.2) is 4.98 Å². The van der Waals surface area contributed by atoms with Gasteiger partial charge in [-0.1, -0.05) is 19.1 Å². The molecule has 2 aliphatic rings. The second-order valence-electron chi connectivity index (χ2n) is 8.23. The Labute approximate surface area is 187 Å². The van der Waals surface area contributed by atoms with Crippen molar-refractivity contribution >= 4 is 11.8 Å². The van der Waals surface area contributed by atoms with E-state index in [9.17, 15) is 14.4 Å². The van der Waals surface area contributed by atoms with Crippen LogP contribution in [0.5, 0.6) is 5.75 Å². The first-order valence-electron chi connectivity index (χ1n) is 11.5. The van der Waals surface area contributed by atoms with Gasteiger partial charge in [0.05, 0.1) is 30.5 Å². The number of carbonyl (C=O) groups excluding carboxylic acids is 2. The molecule has 4 rings (SSSR count). The van der Waals surface area contributed by atoms with Crippen molar-refractivity contribution in [1.82, 2.24) is 19.8 Å². The summed E-state index contributed by atoms with van der Waals surface area (Å²) in [6.07, 6.45) is 3.49. The normalized spacial score (nSPS) is 18.2. The first-order chi connectivity index (χ1) is 15.5. The Morgan fingerprint density at radius 3 is 2.78 bits per heavy atom. The van der Waals surface area contributed by atoms with Crippen molar-refractivity contribution in [2.45, 2.75) is 58.5 Å². The van der Waals surface area contributed by atoms with E-state index >= 15 is 0 Å². The molecule has 0 unspecified atom stereocenters. The summed E-state index contributed by atoms with van der Waals surface area (Å²) in [5.74, 6) is 0.995. The molecule has 0 radical (unpaired) electrons. The van der Waals surface area contributed by atoms with Gasteiger partial charge in [0.2, 0.25) is 5.91 Å². The summed E-state index contributed by atoms with van der Waals surface area (Å²) in [5, 5.41) is 0. The SMILES string of the molecule is CCOc1ccccc1C(=O)N1CCCC[C@H]1c1nc2c(c(=O)[nH]1)CCN(C(=O)CC)C2. The van der Waals surface area contributed by atoms with Gasteiger partial charge in [-0.2, -0.15) is 0 Å². The number of rotatable bonds is 5. The van der Waals surface area contributed by atoms with Crippen LogP contribution >= 0.6 is 0 Å². The van der Waals surface area contributed by atoms with Crippen molar-refractivity contribution in [1.29, 1.82) is 0 Å². The van der Waals surface area contributed by atoms with Gasteiger partial charge in [-0.3, -0.25) is 14.4 Å². The molecule has 1 atom stereocenters. The lowest BCUT2D eigenvalue weighted by atomic mass is 9.99. The molecule has 2 amide bonds. The number of H-pyrrole nitrogens is 1. The zero-order valence-electron chi connectivity index (χ0n) is 18.7. The second-order valence-corrected chi connectivity index (χ2v) is 8.23. The molecule has 8 heteroatoms. The zero-order chi connectivity index (χ0) is 22.7. The van der Waals surface area contributed by atoms with Crippen LogP contribution in [-0.2, 0) is 17.8 Å². The van der Waals surface area contributed by atoms with E-state index in [1.54, 1.807) is 21.9 Å². The van der Waals surface area contributed by atoms with Crippen LogP contribution < -0.4 is 10.3 Å². The summed E-state index contributed by atoms with van der Waals surface area (Å²) >= 11 is 0. The molecule has 2 aliphatic heterocycles. The number of hydrogen-bond acceptors (Lipinski definition) is 5. The number of aromatic amines is 1. The molecule has 1 aromatic carbocycles. The largest absolute Gasteiger partial charge is 0.493 e. The van der Waals surface area contributed by atoms with Crippen LogP contribution in [-0.4, -0.2) is 51.3 Å². The highest BCUT2D eigenvalue weighted by atomic mass is 16.5. The second kappa shape index (κ2) is 9.54. The quantitative estimate of drug-likeness (QED) is 0.775. The third-order valence-electron chi connectivity index (χ3n) is 6.24. The highest BCUT2D eigenvalue weighted by Gasteiger charge is 2.33. The number of piperidine rings is 1. The predicted molar refractivity (Wildman–Crippen MR) is 120 cm³/mol. The number of nitrogens with one attached hydrogen (secondary N) is 1. The number of para-hydroxylation sites is 1. The molecule has 0 bridgehead atoms. The van der Waals surface area contributed by atoms with Gasteiger partial charge in [0.1, 0.15) is 11.6 Å². The molecule has 3 heterocycles. The lowest BCUT2D eigenvalue weighted by molar-refractivity contribution is -0.131. The number of aromatic nitrogens is 2. The number of fused-ring (bicyclic) bond motifs is 1. The maximum absolute atomic E-state index is 13.5. The number of ether oxygens (including phenoxy) is 1. The van der Waals surface area contributed by atoms with E-state index in [1.807, 2.05) is 26.0 Å². The fraction of sp³-hybridized carbons (Fsp3) is 0.500. The molecule has 32 heavy (non-hydrogen) atoms. The lowest BCUT2D eigenvalue weighted by Crippen LogP contribution is -2.42. The molecule has 1 saturated heterocycles. The molecule has 0 aliphatic carbocycles. The average Bonchev–Trinajstić information content (AvgIpc) is 2.83. The Bertz CT molecular complexity index is 1060. The Kier molecular flexibility index (Phi) is 6.58. The highest BCUT2D eigenvalue weighted by molar-refractivity contribution is 5.97. The summed E-state index contributed by atoms with van der Waals surface area (Å²) in [7, 11) is 0. The third-order valence-corrected chi connectivity index (χ3v) is 6.24. The van der Waals surface area contributed by atoms with E-state index in [1.165, 1.54) is 0 Å². The maximum Gasteiger partial charge on any atom is 0.258 e. The maximum atomic E-state index is 13.5. The average molecular weight is 439 g/mol. The van der Waals surface area contributed by atoms with Gasteiger partial charge < -0.3 is 19.5 Å². The molecule has 170 valence electrons. The Morgan fingerprint density at radius 1 is 1.19 bits per heavy atom. The summed E-state index contributed by atoms with van der Waals surface area (Å²) in [6, 6.07) is 6.93. The van der Waals surface area contributed by atoms with Crippen LogP contribution in [0.25, 0.3) is 0 Å². The lowest BCUT2D eigenvalue weighted by Gasteiger charge is -2.36. The first kappa shape index (κ1) is 22.0. The van der Waals surface area contributed by atoms with Crippen molar-refractivity contribution < 1.29 is 14.3 Å². The summed E-state index contributed by atoms with van der Waals surface area (Å²) in [6.45, 7) is 5.66. The fourth-order valence-corrected chi connectivity index (χ4v) is 4.59. The monoisotopic (exact) mass is 438 g/mol. The molecule has 2 aromatic rings. The standard InChI is InChI=1S/C24H30N4O4/c1-3-21(29)27-14-12-16-18(15-27)25-22(26-23(16)30)19-10-7-8-13-28(19)24(31)17-9-5-6-11-20(17)32-4-2/h5-6,9,11,19H,3-4,7-8,10,12-15H2,1-2H3,(H,25,26,30)/t19-/m0/s1. The van der Waals surface area contributed by atoms with Gasteiger partial charge in [0.15, 0.2) is 0 Å². The smallest absolute Gasteiger partial charge is 0.258 e. The van der Waals surface area contributed by atoms with E-state index in [0.717, 1.165) is 19.3 Å². The minimum Gasteiger partial charge on any atom is -0.493 e. The van der Waals surface area contributed by atoms with Crippen molar-refractivity contribution in [3.8, 4) is 5.75 Å². The van der Waals surface area contributed by atoms with Crippen LogP contribution in [0.3, 0.4) is 0 Å².